The third-order valence-electron chi connectivity index (χ3n) is 3.51. The summed E-state index contributed by atoms with van der Waals surface area (Å²) in [6.07, 6.45) is 2.31. The van der Waals surface area contributed by atoms with E-state index >= 15 is 0 Å². The van der Waals surface area contributed by atoms with E-state index in [0.29, 0.717) is 27.9 Å². The molecule has 0 saturated carbocycles. The van der Waals surface area contributed by atoms with Crippen LogP contribution in [0.2, 0.25) is 10.0 Å². The van der Waals surface area contributed by atoms with Gasteiger partial charge in [-0.15, -0.1) is 0 Å². The molecular weight excluding hydrogens is 389 g/mol. The van der Waals surface area contributed by atoms with Crippen LogP contribution in [0.15, 0.2) is 47.6 Å². The Kier molecular flexibility index (Phi) is 8.10. The quantitative estimate of drug-likeness (QED) is 0.506. The average Bonchev–Trinajstić information content (AvgIpc) is 2.65. The molecule has 142 valence electrons. The van der Waals surface area contributed by atoms with E-state index in [1.807, 2.05) is 18.2 Å². The van der Waals surface area contributed by atoms with Crippen molar-refractivity contribution in [3.8, 4) is 5.75 Å². The van der Waals surface area contributed by atoms with Crippen LogP contribution in [0.5, 0.6) is 5.75 Å². The number of carbonyl (C=O) groups is 2. The highest BCUT2D eigenvalue weighted by Crippen LogP contribution is 2.25. The van der Waals surface area contributed by atoms with Gasteiger partial charge in [0.25, 0.3) is 0 Å². The van der Waals surface area contributed by atoms with Gasteiger partial charge < -0.3 is 10.1 Å². The smallest absolute Gasteiger partial charge is 0.240 e. The highest BCUT2D eigenvalue weighted by Gasteiger charge is 2.06. The molecule has 0 radical (unpaired) electrons. The molecule has 0 aliphatic carbocycles. The Hall–Kier alpha value is -2.57. The molecule has 8 heteroatoms. The summed E-state index contributed by atoms with van der Waals surface area (Å²) in [5.41, 5.74) is 3.79. The second kappa shape index (κ2) is 10.5. The molecule has 0 fully saturated rings. The number of nitrogens with zero attached hydrogens (tertiary/aromatic N) is 1. The molecule has 0 bridgehead atoms. The van der Waals surface area contributed by atoms with Gasteiger partial charge in [-0.2, -0.15) is 5.10 Å². The summed E-state index contributed by atoms with van der Waals surface area (Å²) in [5.74, 6) is 0.232. The number of hydrogen-bond acceptors (Lipinski definition) is 4. The number of anilines is 1. The van der Waals surface area contributed by atoms with E-state index in [9.17, 15) is 9.59 Å². The molecular formula is C19H19Cl2N3O3. The van der Waals surface area contributed by atoms with Gasteiger partial charge in [0.15, 0.2) is 0 Å². The maximum Gasteiger partial charge on any atom is 0.240 e. The monoisotopic (exact) mass is 407 g/mol. The highest BCUT2D eigenvalue weighted by molar-refractivity contribution is 6.42. The minimum atomic E-state index is -0.267. The minimum absolute atomic E-state index is 0.185. The molecule has 0 unspecified atom stereocenters. The summed E-state index contributed by atoms with van der Waals surface area (Å²) in [5, 5.41) is 7.38. The van der Waals surface area contributed by atoms with Crippen molar-refractivity contribution in [2.45, 2.75) is 19.3 Å². The molecule has 0 saturated heterocycles. The minimum Gasteiger partial charge on any atom is -0.497 e. The van der Waals surface area contributed by atoms with Crippen LogP contribution in [-0.2, 0) is 9.59 Å². The van der Waals surface area contributed by atoms with Crippen LogP contribution in [0.3, 0.4) is 0 Å². The van der Waals surface area contributed by atoms with Gasteiger partial charge in [0.1, 0.15) is 5.75 Å². The van der Waals surface area contributed by atoms with Crippen molar-refractivity contribution in [2.75, 3.05) is 12.4 Å². The summed E-state index contributed by atoms with van der Waals surface area (Å²) in [4.78, 5) is 23.7. The lowest BCUT2D eigenvalue weighted by Gasteiger charge is -2.06. The molecule has 0 aliphatic rings. The van der Waals surface area contributed by atoms with E-state index in [1.165, 1.54) is 6.21 Å². The van der Waals surface area contributed by atoms with Crippen LogP contribution in [0.1, 0.15) is 24.8 Å². The topological polar surface area (TPSA) is 79.8 Å². The number of methoxy groups -OCH3 is 1. The average molecular weight is 408 g/mol. The molecule has 2 aromatic carbocycles. The van der Waals surface area contributed by atoms with Gasteiger partial charge in [-0.1, -0.05) is 35.3 Å². The lowest BCUT2D eigenvalue weighted by molar-refractivity contribution is -0.121. The molecule has 2 amide bonds. The van der Waals surface area contributed by atoms with Crippen LogP contribution < -0.4 is 15.5 Å². The number of halogens is 2. The number of rotatable bonds is 8. The van der Waals surface area contributed by atoms with E-state index in [4.69, 9.17) is 27.9 Å². The Morgan fingerprint density at radius 3 is 2.59 bits per heavy atom. The third-order valence-corrected chi connectivity index (χ3v) is 4.25. The number of ether oxygens (including phenoxy) is 1. The van der Waals surface area contributed by atoms with Crippen LogP contribution in [0, 0.1) is 0 Å². The Bertz CT molecular complexity index is 841. The van der Waals surface area contributed by atoms with Crippen LogP contribution in [-0.4, -0.2) is 25.1 Å². The Balaban J connectivity index is 1.69. The number of hydrogen-bond donors (Lipinski definition) is 2. The van der Waals surface area contributed by atoms with Gasteiger partial charge in [-0.25, -0.2) is 5.43 Å². The van der Waals surface area contributed by atoms with Gasteiger partial charge >= 0.3 is 0 Å². The Morgan fingerprint density at radius 2 is 1.85 bits per heavy atom. The second-order valence-electron chi connectivity index (χ2n) is 5.60. The predicted molar refractivity (Wildman–Crippen MR) is 108 cm³/mol. The maximum atomic E-state index is 11.9. The molecule has 6 nitrogen and oxygen atoms in total. The normalized spacial score (nSPS) is 10.6. The molecule has 0 atom stereocenters. The largest absolute Gasteiger partial charge is 0.497 e. The summed E-state index contributed by atoms with van der Waals surface area (Å²) in [6, 6.07) is 12.1. The number of hydrazone groups is 1. The number of benzene rings is 2. The van der Waals surface area contributed by atoms with E-state index in [2.05, 4.69) is 15.8 Å². The van der Waals surface area contributed by atoms with E-state index in [1.54, 1.807) is 31.4 Å². The summed E-state index contributed by atoms with van der Waals surface area (Å²) < 4.78 is 5.11. The lowest BCUT2D eigenvalue weighted by Crippen LogP contribution is -2.18. The fraction of sp³-hybridized carbons (Fsp3) is 0.211. The van der Waals surface area contributed by atoms with Crippen molar-refractivity contribution in [1.82, 2.24) is 5.43 Å². The summed E-state index contributed by atoms with van der Waals surface area (Å²) in [7, 11) is 1.58. The van der Waals surface area contributed by atoms with Gasteiger partial charge in [0.2, 0.25) is 11.8 Å². The van der Waals surface area contributed by atoms with Gasteiger partial charge in [0, 0.05) is 18.5 Å². The first-order chi connectivity index (χ1) is 13.0. The fourth-order valence-corrected chi connectivity index (χ4v) is 2.46. The van der Waals surface area contributed by atoms with Crippen molar-refractivity contribution in [1.29, 1.82) is 0 Å². The first-order valence-corrected chi connectivity index (χ1v) is 8.94. The zero-order valence-corrected chi connectivity index (χ0v) is 16.2. The fourth-order valence-electron chi connectivity index (χ4n) is 2.16. The van der Waals surface area contributed by atoms with Crippen LogP contribution in [0.25, 0.3) is 0 Å². The van der Waals surface area contributed by atoms with Gasteiger partial charge in [-0.3, -0.25) is 9.59 Å². The van der Waals surface area contributed by atoms with E-state index in [-0.39, 0.29) is 24.7 Å². The molecule has 0 aromatic heterocycles. The standard InChI is InChI=1S/C19H19Cl2N3O3/c1-27-15-5-2-4-13(10-15)12-22-24-19(26)7-3-6-18(25)23-14-8-9-16(20)17(21)11-14/h2,4-5,8-12H,3,6-7H2,1H3,(H,23,25)(H,24,26)/b22-12-. The molecule has 2 rings (SSSR count). The SMILES string of the molecule is COc1cccc(/C=N\NC(=O)CCCC(=O)Nc2ccc(Cl)c(Cl)c2)c1. The number of amides is 2. The first-order valence-electron chi connectivity index (χ1n) is 8.19. The van der Waals surface area contributed by atoms with E-state index in [0.717, 1.165) is 5.56 Å². The van der Waals surface area contributed by atoms with Crippen molar-refractivity contribution >= 4 is 46.9 Å². The molecule has 0 heterocycles. The summed E-state index contributed by atoms with van der Waals surface area (Å²) >= 11 is 11.7. The molecule has 27 heavy (non-hydrogen) atoms. The van der Waals surface area contributed by atoms with E-state index < -0.39 is 0 Å². The number of carbonyl (C=O) groups excluding carboxylic acids is 2. The highest BCUT2D eigenvalue weighted by atomic mass is 35.5. The first kappa shape index (κ1) is 20.7. The van der Waals surface area contributed by atoms with Gasteiger partial charge in [0.05, 0.1) is 23.4 Å². The zero-order chi connectivity index (χ0) is 19.6. The van der Waals surface area contributed by atoms with Crippen molar-refractivity contribution in [3.05, 3.63) is 58.1 Å². The lowest BCUT2D eigenvalue weighted by atomic mass is 10.2. The maximum absolute atomic E-state index is 11.9. The third kappa shape index (κ3) is 7.29. The second-order valence-corrected chi connectivity index (χ2v) is 6.41. The van der Waals surface area contributed by atoms with Gasteiger partial charge in [-0.05, 0) is 42.3 Å². The van der Waals surface area contributed by atoms with Crippen LogP contribution >= 0.6 is 23.2 Å². The molecule has 2 N–H and O–H groups in total. The van der Waals surface area contributed by atoms with Crippen molar-refractivity contribution < 1.29 is 14.3 Å². The van der Waals surface area contributed by atoms with Crippen molar-refractivity contribution in [2.24, 2.45) is 5.10 Å². The molecule has 2 aromatic rings. The Morgan fingerprint density at radius 1 is 1.07 bits per heavy atom. The molecule has 0 aliphatic heterocycles. The Labute approximate surface area is 167 Å². The van der Waals surface area contributed by atoms with Crippen LogP contribution in [0.4, 0.5) is 5.69 Å². The zero-order valence-electron chi connectivity index (χ0n) is 14.7. The summed E-state index contributed by atoms with van der Waals surface area (Å²) in [6.45, 7) is 0. The molecule has 0 spiro atoms. The number of nitrogens with one attached hydrogen (secondary N) is 2. The van der Waals surface area contributed by atoms with Crippen molar-refractivity contribution in [3.63, 3.8) is 0 Å². The predicted octanol–water partition coefficient (Wildman–Crippen LogP) is 4.26.